The van der Waals surface area contributed by atoms with Crippen LogP contribution in [0.1, 0.15) is 19.8 Å². The van der Waals surface area contributed by atoms with Crippen molar-refractivity contribution in [1.29, 1.82) is 0 Å². The Labute approximate surface area is 105 Å². The summed E-state index contributed by atoms with van der Waals surface area (Å²) in [5.41, 5.74) is 1.60. The molecule has 0 saturated heterocycles. The fourth-order valence-electron chi connectivity index (χ4n) is 1.51. The third-order valence-corrected chi connectivity index (χ3v) is 2.65. The van der Waals surface area contributed by atoms with Gasteiger partial charge >= 0.3 is 0 Å². The summed E-state index contributed by atoms with van der Waals surface area (Å²) < 4.78 is 10.6. The van der Waals surface area contributed by atoms with Gasteiger partial charge in [-0.2, -0.15) is 0 Å². The van der Waals surface area contributed by atoms with Gasteiger partial charge in [0.05, 0.1) is 6.61 Å². The highest BCUT2D eigenvalue weighted by molar-refractivity contribution is 6.30. The van der Waals surface area contributed by atoms with Crippen LogP contribution < -0.4 is 4.74 Å². The summed E-state index contributed by atoms with van der Waals surface area (Å²) in [6.45, 7) is 2.83. The van der Waals surface area contributed by atoms with Crippen molar-refractivity contribution in [3.8, 4) is 17.0 Å². The number of aromatic nitrogens is 1. The third-order valence-electron chi connectivity index (χ3n) is 2.41. The number of halogens is 1. The Bertz CT molecular complexity index is 468. The van der Waals surface area contributed by atoms with E-state index in [1.165, 1.54) is 6.26 Å². The molecule has 0 radical (unpaired) electrons. The lowest BCUT2D eigenvalue weighted by Crippen LogP contribution is -1.98. The molecule has 2 rings (SSSR count). The van der Waals surface area contributed by atoms with Gasteiger partial charge in [-0.1, -0.05) is 30.1 Å². The highest BCUT2D eigenvalue weighted by Gasteiger charge is 2.09. The van der Waals surface area contributed by atoms with Gasteiger partial charge in [-0.3, -0.25) is 0 Å². The molecule has 3 nitrogen and oxygen atoms in total. The molecule has 0 aliphatic rings. The SMILES string of the molecule is CCCCOc1ccc(Cl)cc1-c1ccon1. The monoisotopic (exact) mass is 251 g/mol. The molecule has 90 valence electrons. The molecule has 0 fully saturated rings. The average molecular weight is 252 g/mol. The summed E-state index contributed by atoms with van der Waals surface area (Å²) in [5, 5.41) is 4.56. The number of hydrogen-bond acceptors (Lipinski definition) is 3. The lowest BCUT2D eigenvalue weighted by atomic mass is 10.1. The second-order valence-corrected chi connectivity index (χ2v) is 4.16. The first-order chi connectivity index (χ1) is 8.31. The fraction of sp³-hybridized carbons (Fsp3) is 0.308. The van der Waals surface area contributed by atoms with E-state index in [0.29, 0.717) is 11.6 Å². The van der Waals surface area contributed by atoms with Crippen molar-refractivity contribution in [2.45, 2.75) is 19.8 Å². The Morgan fingerprint density at radius 2 is 2.24 bits per heavy atom. The zero-order valence-electron chi connectivity index (χ0n) is 9.65. The van der Waals surface area contributed by atoms with Crippen LogP contribution in [-0.2, 0) is 0 Å². The van der Waals surface area contributed by atoms with Crippen molar-refractivity contribution in [2.75, 3.05) is 6.61 Å². The Morgan fingerprint density at radius 3 is 2.94 bits per heavy atom. The molecule has 4 heteroatoms. The molecular weight excluding hydrogens is 238 g/mol. The Balaban J connectivity index is 2.25. The molecular formula is C13H14ClNO2. The van der Waals surface area contributed by atoms with E-state index < -0.39 is 0 Å². The maximum atomic E-state index is 5.98. The van der Waals surface area contributed by atoms with Gasteiger partial charge in [-0.15, -0.1) is 0 Å². The molecule has 0 bridgehead atoms. The first-order valence-corrected chi connectivity index (χ1v) is 6.02. The van der Waals surface area contributed by atoms with E-state index in [1.807, 2.05) is 18.2 Å². The molecule has 2 aromatic rings. The topological polar surface area (TPSA) is 35.3 Å². The summed E-state index contributed by atoms with van der Waals surface area (Å²) in [7, 11) is 0. The summed E-state index contributed by atoms with van der Waals surface area (Å²) >= 11 is 5.98. The van der Waals surface area contributed by atoms with E-state index in [9.17, 15) is 0 Å². The van der Waals surface area contributed by atoms with Crippen LogP contribution in [0.3, 0.4) is 0 Å². The second kappa shape index (κ2) is 5.73. The highest BCUT2D eigenvalue weighted by Crippen LogP contribution is 2.31. The van der Waals surface area contributed by atoms with Crippen molar-refractivity contribution < 1.29 is 9.26 Å². The van der Waals surface area contributed by atoms with Crippen LogP contribution in [0.2, 0.25) is 5.02 Å². The smallest absolute Gasteiger partial charge is 0.128 e. The van der Waals surface area contributed by atoms with Gasteiger partial charge in [0, 0.05) is 16.7 Å². The minimum Gasteiger partial charge on any atom is -0.493 e. The van der Waals surface area contributed by atoms with Crippen molar-refractivity contribution in [3.63, 3.8) is 0 Å². The predicted molar refractivity (Wildman–Crippen MR) is 67.4 cm³/mol. The molecule has 1 aromatic heterocycles. The standard InChI is InChI=1S/C13H14ClNO2/c1-2-3-7-16-13-5-4-10(14)9-11(13)12-6-8-17-15-12/h4-6,8-9H,2-3,7H2,1H3. The normalized spacial score (nSPS) is 10.5. The van der Waals surface area contributed by atoms with Gasteiger partial charge in [-0.25, -0.2) is 0 Å². The highest BCUT2D eigenvalue weighted by atomic mass is 35.5. The van der Waals surface area contributed by atoms with E-state index >= 15 is 0 Å². The number of nitrogens with zero attached hydrogens (tertiary/aromatic N) is 1. The molecule has 1 heterocycles. The van der Waals surface area contributed by atoms with Crippen LogP contribution in [0, 0.1) is 0 Å². The quantitative estimate of drug-likeness (QED) is 0.748. The Kier molecular flexibility index (Phi) is 4.04. The molecule has 17 heavy (non-hydrogen) atoms. The summed E-state index contributed by atoms with van der Waals surface area (Å²) in [5.74, 6) is 0.789. The van der Waals surface area contributed by atoms with Crippen molar-refractivity contribution >= 4 is 11.6 Å². The van der Waals surface area contributed by atoms with Crippen LogP contribution in [0.25, 0.3) is 11.3 Å². The molecule has 0 amide bonds. The number of unbranched alkanes of at least 4 members (excludes halogenated alkanes) is 1. The predicted octanol–water partition coefficient (Wildman–Crippen LogP) is 4.17. The Hall–Kier alpha value is -1.48. The molecule has 0 saturated carbocycles. The fourth-order valence-corrected chi connectivity index (χ4v) is 1.68. The van der Waals surface area contributed by atoms with Crippen LogP contribution in [0.5, 0.6) is 5.75 Å². The van der Waals surface area contributed by atoms with Crippen LogP contribution in [0.4, 0.5) is 0 Å². The number of benzene rings is 1. The van der Waals surface area contributed by atoms with Gasteiger partial charge < -0.3 is 9.26 Å². The molecule has 0 unspecified atom stereocenters. The molecule has 0 spiro atoms. The van der Waals surface area contributed by atoms with E-state index in [1.54, 1.807) is 6.07 Å². The van der Waals surface area contributed by atoms with Crippen molar-refractivity contribution in [2.24, 2.45) is 0 Å². The number of hydrogen-bond donors (Lipinski definition) is 0. The van der Waals surface area contributed by atoms with E-state index in [2.05, 4.69) is 12.1 Å². The lowest BCUT2D eigenvalue weighted by Gasteiger charge is -2.09. The number of rotatable bonds is 5. The molecule has 1 aromatic carbocycles. The lowest BCUT2D eigenvalue weighted by molar-refractivity contribution is 0.310. The first kappa shape index (κ1) is 12.0. The van der Waals surface area contributed by atoms with Crippen LogP contribution >= 0.6 is 11.6 Å². The van der Waals surface area contributed by atoms with Gasteiger partial charge in [0.2, 0.25) is 0 Å². The van der Waals surface area contributed by atoms with Gasteiger partial charge in [0.1, 0.15) is 17.7 Å². The van der Waals surface area contributed by atoms with E-state index in [0.717, 1.165) is 29.8 Å². The maximum Gasteiger partial charge on any atom is 0.128 e. The van der Waals surface area contributed by atoms with Crippen molar-refractivity contribution in [1.82, 2.24) is 5.16 Å². The van der Waals surface area contributed by atoms with Gasteiger partial charge in [0.25, 0.3) is 0 Å². The summed E-state index contributed by atoms with van der Waals surface area (Å²) in [6, 6.07) is 7.30. The minimum absolute atomic E-state index is 0.658. The molecule has 0 aliphatic heterocycles. The largest absolute Gasteiger partial charge is 0.493 e. The summed E-state index contributed by atoms with van der Waals surface area (Å²) in [6.07, 6.45) is 3.67. The zero-order valence-corrected chi connectivity index (χ0v) is 10.4. The van der Waals surface area contributed by atoms with E-state index in [-0.39, 0.29) is 0 Å². The van der Waals surface area contributed by atoms with Crippen LogP contribution in [0.15, 0.2) is 35.1 Å². The minimum atomic E-state index is 0.658. The molecule has 0 N–H and O–H groups in total. The summed E-state index contributed by atoms with van der Waals surface area (Å²) in [4.78, 5) is 0. The first-order valence-electron chi connectivity index (χ1n) is 5.64. The Morgan fingerprint density at radius 1 is 1.35 bits per heavy atom. The average Bonchev–Trinajstić information content (AvgIpc) is 2.85. The number of ether oxygens (including phenoxy) is 1. The third kappa shape index (κ3) is 3.01. The van der Waals surface area contributed by atoms with Gasteiger partial charge in [0.15, 0.2) is 0 Å². The van der Waals surface area contributed by atoms with Crippen LogP contribution in [-0.4, -0.2) is 11.8 Å². The molecule has 0 atom stereocenters. The second-order valence-electron chi connectivity index (χ2n) is 3.73. The van der Waals surface area contributed by atoms with E-state index in [4.69, 9.17) is 20.9 Å². The molecule has 0 aliphatic carbocycles. The van der Waals surface area contributed by atoms with Gasteiger partial charge in [-0.05, 0) is 24.6 Å². The maximum absolute atomic E-state index is 5.98. The zero-order chi connectivity index (χ0) is 12.1. The van der Waals surface area contributed by atoms with Crippen molar-refractivity contribution in [3.05, 3.63) is 35.6 Å².